The van der Waals surface area contributed by atoms with E-state index in [9.17, 15) is 18.6 Å². The third-order valence-corrected chi connectivity index (χ3v) is 3.80. The zero-order valence-corrected chi connectivity index (χ0v) is 10.9. The number of sulfonamides is 1. The molecule has 0 amide bonds. The lowest BCUT2D eigenvalue weighted by molar-refractivity contribution is 0.132. The lowest BCUT2D eigenvalue weighted by Gasteiger charge is -2.30. The quantitative estimate of drug-likeness (QED) is 0.577. The fourth-order valence-electron chi connectivity index (χ4n) is 1.48. The van der Waals surface area contributed by atoms with Crippen molar-refractivity contribution in [3.05, 3.63) is 24.3 Å². The van der Waals surface area contributed by atoms with Crippen LogP contribution in [0.2, 0.25) is 0 Å². The number of aliphatic hydroxyl groups is 2. The number of nitrogens with two attached hydrogens (primary N) is 1. The van der Waals surface area contributed by atoms with E-state index in [1.54, 1.807) is 0 Å². The molecule has 0 spiro atoms. The molecule has 0 saturated heterocycles. The van der Waals surface area contributed by atoms with Crippen molar-refractivity contribution in [2.45, 2.75) is 23.8 Å². The summed E-state index contributed by atoms with van der Waals surface area (Å²) in [6.45, 7) is 1.38. The molecule has 7 heteroatoms. The number of hydrogen-bond acceptors (Lipinski definition) is 5. The Labute approximate surface area is 106 Å². The minimum atomic E-state index is -3.71. The highest BCUT2D eigenvalue weighted by atomic mass is 32.2. The molecule has 1 aromatic carbocycles. The molecule has 0 fully saturated rings. The maximum atomic E-state index is 11.1. The van der Waals surface area contributed by atoms with Crippen LogP contribution in [0.15, 0.2) is 29.2 Å². The molecule has 0 heterocycles. The minimum Gasteiger partial charge on any atom is -0.394 e. The van der Waals surface area contributed by atoms with Gasteiger partial charge in [0.1, 0.15) is 0 Å². The first kappa shape index (κ1) is 14.9. The summed E-state index contributed by atoms with van der Waals surface area (Å²) in [5.41, 5.74) is -0.212. The van der Waals surface area contributed by atoms with Gasteiger partial charge in [-0.05, 0) is 30.7 Å². The average Bonchev–Trinajstić information content (AvgIpc) is 2.36. The summed E-state index contributed by atoms with van der Waals surface area (Å²) in [5.74, 6) is 0. The second-order valence-electron chi connectivity index (χ2n) is 4.14. The molecule has 0 bridgehead atoms. The molecule has 1 rings (SSSR count). The van der Waals surface area contributed by atoms with E-state index in [2.05, 4.69) is 5.32 Å². The summed E-state index contributed by atoms with van der Waals surface area (Å²) in [7, 11) is -3.71. The number of nitrogens with one attached hydrogen (secondary N) is 1. The summed E-state index contributed by atoms with van der Waals surface area (Å²) in [4.78, 5) is 0.0168. The van der Waals surface area contributed by atoms with Crippen molar-refractivity contribution in [3.63, 3.8) is 0 Å². The second kappa shape index (κ2) is 5.66. The normalized spacial score (nSPS) is 12.4. The Bertz CT molecular complexity index is 472. The van der Waals surface area contributed by atoms with Crippen LogP contribution in [0.4, 0.5) is 5.69 Å². The number of hydrogen-bond donors (Lipinski definition) is 4. The molecule has 5 N–H and O–H groups in total. The molecule has 6 nitrogen and oxygen atoms in total. The molecule has 0 saturated carbocycles. The minimum absolute atomic E-state index is 0.0168. The standard InChI is InChI=1S/C11H18N2O4S/c1-2-11(7-14,8-15)13-9-3-5-10(6-4-9)18(12,16)17/h3-6,13-15H,2,7-8H2,1H3,(H2,12,16,17). The Kier molecular flexibility index (Phi) is 4.69. The van der Waals surface area contributed by atoms with Crippen molar-refractivity contribution in [1.29, 1.82) is 0 Å². The van der Waals surface area contributed by atoms with Crippen LogP contribution in [-0.4, -0.2) is 37.4 Å². The Morgan fingerprint density at radius 1 is 1.22 bits per heavy atom. The zero-order valence-electron chi connectivity index (χ0n) is 10.1. The lowest BCUT2D eigenvalue weighted by atomic mass is 9.98. The van der Waals surface area contributed by atoms with E-state index >= 15 is 0 Å². The van der Waals surface area contributed by atoms with Gasteiger partial charge in [-0.3, -0.25) is 0 Å². The summed E-state index contributed by atoms with van der Waals surface area (Å²) in [6.07, 6.45) is 0.525. The molecule has 102 valence electrons. The Morgan fingerprint density at radius 2 is 1.72 bits per heavy atom. The topological polar surface area (TPSA) is 113 Å². The van der Waals surface area contributed by atoms with Crippen LogP contribution < -0.4 is 10.5 Å². The number of rotatable bonds is 6. The van der Waals surface area contributed by atoms with Crippen molar-refractivity contribution < 1.29 is 18.6 Å². The summed E-state index contributed by atoms with van der Waals surface area (Å²) in [6, 6.07) is 5.81. The lowest BCUT2D eigenvalue weighted by Crippen LogP contribution is -2.45. The highest BCUT2D eigenvalue weighted by molar-refractivity contribution is 7.89. The third-order valence-electron chi connectivity index (χ3n) is 2.87. The number of primary sulfonamides is 1. The Balaban J connectivity index is 2.93. The van der Waals surface area contributed by atoms with Crippen LogP contribution in [-0.2, 0) is 10.0 Å². The molecule has 0 aromatic heterocycles. The monoisotopic (exact) mass is 274 g/mol. The largest absolute Gasteiger partial charge is 0.394 e. The van der Waals surface area contributed by atoms with E-state index in [0.29, 0.717) is 12.1 Å². The van der Waals surface area contributed by atoms with Crippen LogP contribution in [0, 0.1) is 0 Å². The van der Waals surface area contributed by atoms with Gasteiger partial charge < -0.3 is 15.5 Å². The summed E-state index contributed by atoms with van der Waals surface area (Å²) >= 11 is 0. The van der Waals surface area contributed by atoms with E-state index in [1.807, 2.05) is 6.92 Å². The molecule has 0 aliphatic rings. The van der Waals surface area contributed by atoms with Crippen molar-refractivity contribution in [2.24, 2.45) is 5.14 Å². The third kappa shape index (κ3) is 3.42. The van der Waals surface area contributed by atoms with Gasteiger partial charge in [-0.15, -0.1) is 0 Å². The fourth-order valence-corrected chi connectivity index (χ4v) is 1.99. The predicted molar refractivity (Wildman–Crippen MR) is 68.6 cm³/mol. The fraction of sp³-hybridized carbons (Fsp3) is 0.455. The maximum absolute atomic E-state index is 11.1. The van der Waals surface area contributed by atoms with Crippen molar-refractivity contribution >= 4 is 15.7 Å². The van der Waals surface area contributed by atoms with Crippen LogP contribution in [0.3, 0.4) is 0 Å². The van der Waals surface area contributed by atoms with Gasteiger partial charge in [0.15, 0.2) is 0 Å². The van der Waals surface area contributed by atoms with E-state index in [1.165, 1.54) is 24.3 Å². The van der Waals surface area contributed by atoms with Crippen LogP contribution in [0.25, 0.3) is 0 Å². The van der Waals surface area contributed by atoms with Gasteiger partial charge in [-0.1, -0.05) is 6.92 Å². The first-order valence-electron chi connectivity index (χ1n) is 5.49. The molecule has 0 aliphatic heterocycles. The first-order valence-corrected chi connectivity index (χ1v) is 7.04. The second-order valence-corrected chi connectivity index (χ2v) is 5.71. The van der Waals surface area contributed by atoms with E-state index in [0.717, 1.165) is 0 Å². The van der Waals surface area contributed by atoms with Gasteiger partial charge >= 0.3 is 0 Å². The van der Waals surface area contributed by atoms with Gasteiger partial charge in [0.05, 0.1) is 23.6 Å². The first-order chi connectivity index (χ1) is 8.37. The van der Waals surface area contributed by atoms with Crippen molar-refractivity contribution in [3.8, 4) is 0 Å². The molecule has 0 aliphatic carbocycles. The Hall–Kier alpha value is -1.15. The van der Waals surface area contributed by atoms with Crippen molar-refractivity contribution in [2.75, 3.05) is 18.5 Å². The van der Waals surface area contributed by atoms with E-state index in [4.69, 9.17) is 5.14 Å². The summed E-state index contributed by atoms with van der Waals surface area (Å²) in [5, 5.41) is 26.5. The van der Waals surface area contributed by atoms with Gasteiger partial charge in [0, 0.05) is 5.69 Å². The predicted octanol–water partition coefficient (Wildman–Crippen LogP) is -0.121. The zero-order chi connectivity index (χ0) is 13.8. The molecule has 0 radical (unpaired) electrons. The molecular weight excluding hydrogens is 256 g/mol. The average molecular weight is 274 g/mol. The smallest absolute Gasteiger partial charge is 0.238 e. The van der Waals surface area contributed by atoms with Crippen LogP contribution >= 0.6 is 0 Å². The molecular formula is C11H18N2O4S. The van der Waals surface area contributed by atoms with Crippen molar-refractivity contribution in [1.82, 2.24) is 0 Å². The van der Waals surface area contributed by atoms with E-state index in [-0.39, 0.29) is 18.1 Å². The van der Waals surface area contributed by atoms with Gasteiger partial charge in [-0.2, -0.15) is 0 Å². The SMILES string of the molecule is CCC(CO)(CO)Nc1ccc(S(N)(=O)=O)cc1. The summed E-state index contributed by atoms with van der Waals surface area (Å²) < 4.78 is 22.2. The Morgan fingerprint density at radius 3 is 2.06 bits per heavy atom. The molecule has 18 heavy (non-hydrogen) atoms. The van der Waals surface area contributed by atoms with Crippen LogP contribution in [0.5, 0.6) is 0 Å². The number of aliphatic hydroxyl groups excluding tert-OH is 2. The van der Waals surface area contributed by atoms with Gasteiger partial charge in [-0.25, -0.2) is 13.6 Å². The molecule has 0 atom stereocenters. The molecule has 1 aromatic rings. The number of anilines is 1. The van der Waals surface area contributed by atoms with Gasteiger partial charge in [0.2, 0.25) is 10.0 Å². The highest BCUT2D eigenvalue weighted by Crippen LogP contribution is 2.19. The maximum Gasteiger partial charge on any atom is 0.238 e. The van der Waals surface area contributed by atoms with E-state index < -0.39 is 15.6 Å². The van der Waals surface area contributed by atoms with Gasteiger partial charge in [0.25, 0.3) is 0 Å². The van der Waals surface area contributed by atoms with Crippen LogP contribution in [0.1, 0.15) is 13.3 Å². The highest BCUT2D eigenvalue weighted by Gasteiger charge is 2.26. The molecule has 0 unspecified atom stereocenters. The number of benzene rings is 1.